The molecule has 2 aromatic heterocycles. The Morgan fingerprint density at radius 2 is 2.32 bits per heavy atom. The molecular formula is C15H11N3O3S. The smallest absolute Gasteiger partial charge is 0.280 e. The zero-order valence-electron chi connectivity index (χ0n) is 11.6. The predicted molar refractivity (Wildman–Crippen MR) is 81.1 cm³/mol. The second-order valence-electron chi connectivity index (χ2n) is 4.92. The summed E-state index contributed by atoms with van der Waals surface area (Å²) in [5.41, 5.74) is 2.80. The van der Waals surface area contributed by atoms with Crippen molar-refractivity contribution in [1.82, 2.24) is 10.1 Å². The van der Waals surface area contributed by atoms with Gasteiger partial charge in [-0.2, -0.15) is 0 Å². The molecule has 6 nitrogen and oxygen atoms in total. The first-order chi connectivity index (χ1) is 10.7. The lowest BCUT2D eigenvalue weighted by molar-refractivity contribution is 0.101. The van der Waals surface area contributed by atoms with Crippen LogP contribution in [-0.4, -0.2) is 16.0 Å². The van der Waals surface area contributed by atoms with E-state index in [0.29, 0.717) is 16.5 Å². The molecule has 0 atom stereocenters. The SMILES string of the molecule is Cc1ccc2c(c1)-c1onc(C(=O)Nc3nccs3)c1CO2. The van der Waals surface area contributed by atoms with Gasteiger partial charge >= 0.3 is 0 Å². The van der Waals surface area contributed by atoms with Gasteiger partial charge in [0.2, 0.25) is 0 Å². The number of carbonyl (C=O) groups excluding carboxylic acids is 1. The van der Waals surface area contributed by atoms with Crippen LogP contribution < -0.4 is 10.1 Å². The van der Waals surface area contributed by atoms with Crippen LogP contribution >= 0.6 is 11.3 Å². The highest BCUT2D eigenvalue weighted by Crippen LogP contribution is 2.39. The van der Waals surface area contributed by atoms with Crippen molar-refractivity contribution in [3.63, 3.8) is 0 Å². The second kappa shape index (κ2) is 4.96. The van der Waals surface area contributed by atoms with Crippen molar-refractivity contribution < 1.29 is 14.1 Å². The molecule has 0 aliphatic carbocycles. The summed E-state index contributed by atoms with van der Waals surface area (Å²) >= 11 is 1.34. The minimum Gasteiger partial charge on any atom is -0.488 e. The number of aromatic nitrogens is 2. The van der Waals surface area contributed by atoms with Crippen molar-refractivity contribution in [3.8, 4) is 17.1 Å². The summed E-state index contributed by atoms with van der Waals surface area (Å²) in [6.45, 7) is 2.25. The van der Waals surface area contributed by atoms with Crippen LogP contribution in [-0.2, 0) is 6.61 Å². The molecule has 0 spiro atoms. The summed E-state index contributed by atoms with van der Waals surface area (Å²) in [5, 5.41) is 8.93. The number of fused-ring (bicyclic) bond motifs is 3. The highest BCUT2D eigenvalue weighted by molar-refractivity contribution is 7.13. The highest BCUT2D eigenvalue weighted by atomic mass is 32.1. The Bertz CT molecular complexity index is 855. The normalized spacial score (nSPS) is 12.2. The number of nitrogens with zero attached hydrogens (tertiary/aromatic N) is 2. The Hall–Kier alpha value is -2.67. The quantitative estimate of drug-likeness (QED) is 0.786. The molecule has 1 aromatic carbocycles. The summed E-state index contributed by atoms with van der Waals surface area (Å²) < 4.78 is 11.1. The van der Waals surface area contributed by atoms with Crippen LogP contribution in [0.15, 0.2) is 34.3 Å². The van der Waals surface area contributed by atoms with Gasteiger partial charge in [0.25, 0.3) is 5.91 Å². The van der Waals surface area contributed by atoms with E-state index in [-0.39, 0.29) is 18.2 Å². The molecule has 3 heterocycles. The van der Waals surface area contributed by atoms with Crippen molar-refractivity contribution in [2.45, 2.75) is 13.5 Å². The molecule has 1 aliphatic heterocycles. The average molecular weight is 313 g/mol. The lowest BCUT2D eigenvalue weighted by atomic mass is 10.0. The first kappa shape index (κ1) is 13.0. The van der Waals surface area contributed by atoms with E-state index in [1.807, 2.05) is 25.1 Å². The molecule has 1 amide bonds. The summed E-state index contributed by atoms with van der Waals surface area (Å²) in [6, 6.07) is 5.82. The predicted octanol–water partition coefficient (Wildman–Crippen LogP) is 3.25. The van der Waals surface area contributed by atoms with Crippen molar-refractivity contribution in [3.05, 3.63) is 46.6 Å². The molecule has 110 valence electrons. The van der Waals surface area contributed by atoms with E-state index in [1.54, 1.807) is 11.6 Å². The fourth-order valence-electron chi connectivity index (χ4n) is 2.37. The maximum Gasteiger partial charge on any atom is 0.280 e. The van der Waals surface area contributed by atoms with Gasteiger partial charge in [-0.25, -0.2) is 4.98 Å². The third-order valence-corrected chi connectivity index (χ3v) is 4.10. The minimum atomic E-state index is -0.348. The first-order valence-corrected chi connectivity index (χ1v) is 7.53. The number of benzene rings is 1. The van der Waals surface area contributed by atoms with E-state index in [9.17, 15) is 4.79 Å². The maximum absolute atomic E-state index is 12.3. The number of thiazole rings is 1. The molecule has 3 aromatic rings. The molecule has 0 saturated heterocycles. The molecule has 0 saturated carbocycles. The number of aryl methyl sites for hydroxylation is 1. The third-order valence-electron chi connectivity index (χ3n) is 3.41. The molecule has 0 fully saturated rings. The van der Waals surface area contributed by atoms with Crippen LogP contribution in [0, 0.1) is 6.92 Å². The molecule has 1 aliphatic rings. The average Bonchev–Trinajstić information content (AvgIpc) is 3.15. The summed E-state index contributed by atoms with van der Waals surface area (Å²) in [6.07, 6.45) is 1.63. The third kappa shape index (κ3) is 2.06. The standard InChI is InChI=1S/C15H11N3O3S/c1-8-2-3-11-9(6-8)13-10(7-20-11)12(18-21-13)14(19)17-15-16-4-5-22-15/h2-6H,7H2,1H3,(H,16,17,19). The molecule has 0 bridgehead atoms. The topological polar surface area (TPSA) is 77.3 Å². The van der Waals surface area contributed by atoms with Gasteiger partial charge in [0, 0.05) is 11.6 Å². The Labute approximate surface area is 129 Å². The van der Waals surface area contributed by atoms with Crippen LogP contribution in [0.1, 0.15) is 21.6 Å². The van der Waals surface area contributed by atoms with E-state index in [1.165, 1.54) is 11.3 Å². The number of hydrogen-bond donors (Lipinski definition) is 1. The van der Waals surface area contributed by atoms with E-state index >= 15 is 0 Å². The number of hydrogen-bond acceptors (Lipinski definition) is 6. The maximum atomic E-state index is 12.3. The number of carbonyl (C=O) groups is 1. The van der Waals surface area contributed by atoms with Gasteiger partial charge in [-0.1, -0.05) is 16.8 Å². The number of nitrogens with one attached hydrogen (secondary N) is 1. The summed E-state index contributed by atoms with van der Waals surface area (Å²) in [7, 11) is 0. The van der Waals surface area contributed by atoms with Crippen LogP contribution in [0.25, 0.3) is 11.3 Å². The number of rotatable bonds is 2. The van der Waals surface area contributed by atoms with Gasteiger partial charge in [-0.3, -0.25) is 10.1 Å². The Kier molecular flexibility index (Phi) is 2.93. The highest BCUT2D eigenvalue weighted by Gasteiger charge is 2.29. The summed E-state index contributed by atoms with van der Waals surface area (Å²) in [5.74, 6) is 0.982. The lowest BCUT2D eigenvalue weighted by Crippen LogP contribution is -2.16. The fraction of sp³-hybridized carbons (Fsp3) is 0.133. The lowest BCUT2D eigenvalue weighted by Gasteiger charge is -2.16. The van der Waals surface area contributed by atoms with Gasteiger partial charge in [0.1, 0.15) is 12.4 Å². The van der Waals surface area contributed by atoms with E-state index in [4.69, 9.17) is 9.26 Å². The molecule has 4 rings (SSSR count). The zero-order chi connectivity index (χ0) is 15.1. The second-order valence-corrected chi connectivity index (χ2v) is 5.81. The van der Waals surface area contributed by atoms with Gasteiger partial charge in [0.15, 0.2) is 16.6 Å². The van der Waals surface area contributed by atoms with Crippen molar-refractivity contribution in [2.24, 2.45) is 0 Å². The van der Waals surface area contributed by atoms with Crippen LogP contribution in [0.3, 0.4) is 0 Å². The van der Waals surface area contributed by atoms with Crippen LogP contribution in [0.5, 0.6) is 5.75 Å². The number of ether oxygens (including phenoxy) is 1. The number of amides is 1. The molecule has 0 radical (unpaired) electrons. The van der Waals surface area contributed by atoms with Crippen molar-refractivity contribution >= 4 is 22.4 Å². The first-order valence-electron chi connectivity index (χ1n) is 6.65. The minimum absolute atomic E-state index is 0.234. The summed E-state index contributed by atoms with van der Waals surface area (Å²) in [4.78, 5) is 16.3. The molecule has 22 heavy (non-hydrogen) atoms. The molecular weight excluding hydrogens is 302 g/mol. The zero-order valence-corrected chi connectivity index (χ0v) is 12.4. The Morgan fingerprint density at radius 3 is 3.14 bits per heavy atom. The molecule has 7 heteroatoms. The van der Waals surface area contributed by atoms with Crippen LogP contribution in [0.4, 0.5) is 5.13 Å². The van der Waals surface area contributed by atoms with Crippen molar-refractivity contribution in [1.29, 1.82) is 0 Å². The van der Waals surface area contributed by atoms with E-state index in [0.717, 1.165) is 16.9 Å². The van der Waals surface area contributed by atoms with Gasteiger partial charge in [-0.15, -0.1) is 11.3 Å². The van der Waals surface area contributed by atoms with Crippen LogP contribution in [0.2, 0.25) is 0 Å². The Morgan fingerprint density at radius 1 is 1.41 bits per heavy atom. The van der Waals surface area contributed by atoms with Gasteiger partial charge in [0.05, 0.1) is 11.1 Å². The van der Waals surface area contributed by atoms with Crippen molar-refractivity contribution in [2.75, 3.05) is 5.32 Å². The number of anilines is 1. The molecule has 1 N–H and O–H groups in total. The Balaban J connectivity index is 1.72. The largest absolute Gasteiger partial charge is 0.488 e. The van der Waals surface area contributed by atoms with E-state index < -0.39 is 0 Å². The van der Waals surface area contributed by atoms with E-state index in [2.05, 4.69) is 15.5 Å². The monoisotopic (exact) mass is 313 g/mol. The van der Waals surface area contributed by atoms with Gasteiger partial charge < -0.3 is 9.26 Å². The molecule has 0 unspecified atom stereocenters. The van der Waals surface area contributed by atoms with Gasteiger partial charge in [-0.05, 0) is 19.1 Å². The fourth-order valence-corrected chi connectivity index (χ4v) is 2.90.